The van der Waals surface area contributed by atoms with E-state index >= 15 is 0 Å². The van der Waals surface area contributed by atoms with Crippen molar-refractivity contribution in [1.29, 1.82) is 0 Å². The van der Waals surface area contributed by atoms with Crippen molar-refractivity contribution in [3.8, 4) is 0 Å². The highest BCUT2D eigenvalue weighted by molar-refractivity contribution is 5.16. The van der Waals surface area contributed by atoms with E-state index in [9.17, 15) is 9.18 Å². The van der Waals surface area contributed by atoms with Crippen molar-refractivity contribution in [2.45, 2.75) is 39.0 Å². The highest BCUT2D eigenvalue weighted by Crippen LogP contribution is 2.16. The monoisotopic (exact) mass is 335 g/mol. The molecule has 1 fully saturated rings. The molecule has 0 aliphatic carbocycles. The van der Waals surface area contributed by atoms with E-state index in [1.165, 1.54) is 10.7 Å². The molecule has 6 nitrogen and oxygen atoms in total. The predicted octanol–water partition coefficient (Wildman–Crippen LogP) is 1.97. The molecule has 1 aromatic heterocycles. The number of aryl methyl sites for hydroxylation is 1. The minimum Gasteiger partial charge on any atom is -0.393 e. The largest absolute Gasteiger partial charge is 0.437 e. The lowest BCUT2D eigenvalue weighted by Gasteiger charge is -2.31. The van der Waals surface area contributed by atoms with Crippen LogP contribution in [0.5, 0.6) is 0 Å². The van der Waals surface area contributed by atoms with E-state index in [4.69, 9.17) is 9.15 Å². The van der Waals surface area contributed by atoms with Gasteiger partial charge in [0.25, 0.3) is 0 Å². The van der Waals surface area contributed by atoms with Crippen LogP contribution < -0.4 is 5.76 Å². The van der Waals surface area contributed by atoms with Crippen molar-refractivity contribution in [3.63, 3.8) is 0 Å². The molecule has 0 N–H and O–H groups in total. The summed E-state index contributed by atoms with van der Waals surface area (Å²) in [6.07, 6.45) is 1.96. The fourth-order valence-corrected chi connectivity index (χ4v) is 2.91. The number of rotatable bonds is 6. The van der Waals surface area contributed by atoms with Gasteiger partial charge >= 0.3 is 5.76 Å². The average molecular weight is 335 g/mol. The molecule has 1 aromatic carbocycles. The number of aromatic nitrogens is 2. The molecule has 0 radical (unpaired) electrons. The first-order valence-electron chi connectivity index (χ1n) is 8.24. The number of likely N-dealkylation sites (tertiary alicyclic amines) is 1. The van der Waals surface area contributed by atoms with Gasteiger partial charge in [0, 0.05) is 32.1 Å². The summed E-state index contributed by atoms with van der Waals surface area (Å²) < 4.78 is 25.6. The molecule has 7 heteroatoms. The molecule has 1 saturated heterocycles. The minimum atomic E-state index is -0.407. The number of benzene rings is 1. The van der Waals surface area contributed by atoms with Crippen LogP contribution in [0.15, 0.2) is 33.5 Å². The van der Waals surface area contributed by atoms with E-state index in [-0.39, 0.29) is 11.9 Å². The zero-order valence-electron chi connectivity index (χ0n) is 13.8. The Morgan fingerprint density at radius 2 is 2.04 bits per heavy atom. The van der Waals surface area contributed by atoms with Gasteiger partial charge in [-0.25, -0.2) is 9.18 Å². The Morgan fingerprint density at radius 1 is 1.29 bits per heavy atom. The predicted molar refractivity (Wildman–Crippen MR) is 86.2 cm³/mol. The van der Waals surface area contributed by atoms with Gasteiger partial charge < -0.3 is 14.1 Å². The Labute approximate surface area is 139 Å². The Morgan fingerprint density at radius 3 is 2.71 bits per heavy atom. The summed E-state index contributed by atoms with van der Waals surface area (Å²) in [4.78, 5) is 13.8. The first-order chi connectivity index (χ1) is 11.6. The van der Waals surface area contributed by atoms with Gasteiger partial charge in [-0.2, -0.15) is 4.68 Å². The summed E-state index contributed by atoms with van der Waals surface area (Å²) in [5.74, 6) is -0.237. The molecule has 2 aromatic rings. The van der Waals surface area contributed by atoms with Crippen LogP contribution in [-0.4, -0.2) is 40.4 Å². The van der Waals surface area contributed by atoms with Crippen LogP contribution in [0.4, 0.5) is 4.39 Å². The molecule has 130 valence electrons. The summed E-state index contributed by atoms with van der Waals surface area (Å²) in [5.41, 5.74) is 0.598. The second-order valence-electron chi connectivity index (χ2n) is 6.05. The van der Waals surface area contributed by atoms with Crippen LogP contribution >= 0.6 is 0 Å². The Hall–Kier alpha value is -1.99. The lowest BCUT2D eigenvalue weighted by Crippen LogP contribution is -2.39. The van der Waals surface area contributed by atoms with Crippen LogP contribution in [0.2, 0.25) is 0 Å². The number of nitrogens with zero attached hydrogens (tertiary/aromatic N) is 3. The number of ether oxygens (including phenoxy) is 1. The van der Waals surface area contributed by atoms with E-state index in [0.29, 0.717) is 24.6 Å². The van der Waals surface area contributed by atoms with Crippen LogP contribution in [0, 0.1) is 12.7 Å². The van der Waals surface area contributed by atoms with Gasteiger partial charge in [0.1, 0.15) is 5.82 Å². The van der Waals surface area contributed by atoms with E-state index in [2.05, 4.69) is 10.00 Å². The van der Waals surface area contributed by atoms with Crippen molar-refractivity contribution in [3.05, 3.63) is 52.1 Å². The highest BCUT2D eigenvalue weighted by Gasteiger charge is 2.20. The fourth-order valence-electron chi connectivity index (χ4n) is 2.91. The quantitative estimate of drug-likeness (QED) is 0.808. The first kappa shape index (κ1) is 16.9. The van der Waals surface area contributed by atoms with Crippen molar-refractivity contribution in [2.75, 3.05) is 19.6 Å². The molecule has 24 heavy (non-hydrogen) atoms. The number of hydrogen-bond donors (Lipinski definition) is 0. The molecule has 0 spiro atoms. The summed E-state index contributed by atoms with van der Waals surface area (Å²) >= 11 is 0. The second kappa shape index (κ2) is 7.72. The first-order valence-corrected chi connectivity index (χ1v) is 8.24. The molecule has 0 saturated carbocycles. The van der Waals surface area contributed by atoms with Crippen LogP contribution in [0.3, 0.4) is 0 Å². The molecule has 2 heterocycles. The summed E-state index contributed by atoms with van der Waals surface area (Å²) in [6, 6.07) is 6.70. The normalized spacial score (nSPS) is 16.6. The van der Waals surface area contributed by atoms with Gasteiger partial charge in [-0.1, -0.05) is 18.2 Å². The van der Waals surface area contributed by atoms with Crippen molar-refractivity contribution in [1.82, 2.24) is 14.7 Å². The molecular weight excluding hydrogens is 313 g/mol. The lowest BCUT2D eigenvalue weighted by atomic mass is 10.1. The van der Waals surface area contributed by atoms with Crippen LogP contribution in [0.25, 0.3) is 0 Å². The minimum absolute atomic E-state index is 0.151. The van der Waals surface area contributed by atoms with Gasteiger partial charge in [0.05, 0.1) is 19.3 Å². The van der Waals surface area contributed by atoms with Crippen LogP contribution in [0.1, 0.15) is 24.3 Å². The maximum absolute atomic E-state index is 13.6. The Balaban J connectivity index is 1.40. The summed E-state index contributed by atoms with van der Waals surface area (Å²) in [5, 5.41) is 4.03. The standard InChI is InChI=1S/C17H22FN3O3/c1-13-19-21(17(22)24-13)11-10-20-8-6-15(7-9-20)23-12-14-4-2-3-5-16(14)18/h2-5,15H,6-12H2,1H3. The van der Waals surface area contributed by atoms with Crippen LogP contribution in [-0.2, 0) is 17.9 Å². The molecule has 1 aliphatic heterocycles. The second-order valence-corrected chi connectivity index (χ2v) is 6.05. The molecule has 0 unspecified atom stereocenters. The SMILES string of the molecule is Cc1nn(CCN2CCC(OCc3ccccc3F)CC2)c(=O)o1. The Bertz CT molecular complexity index is 720. The smallest absolute Gasteiger partial charge is 0.393 e. The van der Waals surface area contributed by atoms with Crippen molar-refractivity contribution in [2.24, 2.45) is 0 Å². The van der Waals surface area contributed by atoms with Gasteiger partial charge in [-0.3, -0.25) is 0 Å². The molecule has 3 rings (SSSR count). The van der Waals surface area contributed by atoms with E-state index in [0.717, 1.165) is 32.5 Å². The average Bonchev–Trinajstić information content (AvgIpc) is 2.91. The third kappa shape index (κ3) is 4.30. The third-order valence-electron chi connectivity index (χ3n) is 4.30. The molecule has 0 atom stereocenters. The van der Waals surface area contributed by atoms with Crippen molar-refractivity contribution >= 4 is 0 Å². The van der Waals surface area contributed by atoms with Gasteiger partial charge in [0.15, 0.2) is 0 Å². The molecule has 0 bridgehead atoms. The Kier molecular flexibility index (Phi) is 5.42. The van der Waals surface area contributed by atoms with E-state index in [1.54, 1.807) is 19.1 Å². The molecular formula is C17H22FN3O3. The highest BCUT2D eigenvalue weighted by atomic mass is 19.1. The summed E-state index contributed by atoms with van der Waals surface area (Å²) in [6.45, 7) is 5.05. The number of piperidine rings is 1. The van der Waals surface area contributed by atoms with Crippen molar-refractivity contribution < 1.29 is 13.5 Å². The van der Waals surface area contributed by atoms with Gasteiger partial charge in [0.2, 0.25) is 5.89 Å². The van der Waals surface area contributed by atoms with Gasteiger partial charge in [-0.15, -0.1) is 5.10 Å². The fraction of sp³-hybridized carbons (Fsp3) is 0.529. The number of hydrogen-bond acceptors (Lipinski definition) is 5. The maximum atomic E-state index is 13.6. The van der Waals surface area contributed by atoms with E-state index in [1.807, 2.05) is 6.07 Å². The van der Waals surface area contributed by atoms with Gasteiger partial charge in [-0.05, 0) is 18.9 Å². The zero-order valence-corrected chi connectivity index (χ0v) is 13.8. The van der Waals surface area contributed by atoms with E-state index < -0.39 is 5.76 Å². The number of halogens is 1. The molecule has 1 aliphatic rings. The summed E-state index contributed by atoms with van der Waals surface area (Å²) in [7, 11) is 0. The topological polar surface area (TPSA) is 60.5 Å². The zero-order chi connectivity index (χ0) is 16.9. The maximum Gasteiger partial charge on any atom is 0.437 e. The third-order valence-corrected chi connectivity index (χ3v) is 4.30. The molecule has 0 amide bonds. The lowest BCUT2D eigenvalue weighted by molar-refractivity contribution is -0.00413.